The fourth-order valence-corrected chi connectivity index (χ4v) is 6.83. The number of aromatic nitrogens is 1. The number of hydrogen-bond acceptors (Lipinski definition) is 1. The Bertz CT molecular complexity index is 1670. The Balaban J connectivity index is 1.59. The van der Waals surface area contributed by atoms with Crippen LogP contribution in [0.5, 0.6) is 0 Å². The number of fused-ring (bicyclic) bond motifs is 7. The van der Waals surface area contributed by atoms with Gasteiger partial charge in [0.1, 0.15) is 0 Å². The molecule has 0 fully saturated rings. The first kappa shape index (κ1) is 21.3. The van der Waals surface area contributed by atoms with Gasteiger partial charge >= 0.3 is 0 Å². The fraction of sp³-hybridized carbons (Fsp3) is 0.171. The predicted molar refractivity (Wildman–Crippen MR) is 150 cm³/mol. The second-order valence-electron chi connectivity index (χ2n) is 11.2. The van der Waals surface area contributed by atoms with Gasteiger partial charge in [-0.25, -0.2) is 0 Å². The van der Waals surface area contributed by atoms with E-state index in [2.05, 4.69) is 125 Å². The maximum Gasteiger partial charge on any atom is 0.0708 e. The Morgan fingerprint density at radius 1 is 0.500 bits per heavy atom. The number of benzene rings is 4. The van der Waals surface area contributed by atoms with Crippen molar-refractivity contribution >= 4 is 0 Å². The quantitative estimate of drug-likeness (QED) is 0.254. The third-order valence-corrected chi connectivity index (χ3v) is 8.48. The molecule has 0 bridgehead atoms. The maximum atomic E-state index is 4.74. The topological polar surface area (TPSA) is 12.9 Å². The minimum atomic E-state index is -0.0999. The van der Waals surface area contributed by atoms with E-state index in [4.69, 9.17) is 4.98 Å². The Labute approximate surface area is 213 Å². The number of pyridine rings is 1. The average Bonchev–Trinajstić information content (AvgIpc) is 3.29. The molecule has 4 aromatic carbocycles. The molecule has 0 aliphatic heterocycles. The van der Waals surface area contributed by atoms with Gasteiger partial charge in [-0.1, -0.05) is 107 Å². The fourth-order valence-electron chi connectivity index (χ4n) is 6.83. The van der Waals surface area contributed by atoms with E-state index in [9.17, 15) is 0 Å². The van der Waals surface area contributed by atoms with E-state index in [0.717, 1.165) is 11.3 Å². The summed E-state index contributed by atoms with van der Waals surface area (Å²) >= 11 is 0. The van der Waals surface area contributed by atoms with Gasteiger partial charge in [0.15, 0.2) is 0 Å². The van der Waals surface area contributed by atoms with Crippen molar-refractivity contribution in [1.29, 1.82) is 0 Å². The van der Waals surface area contributed by atoms with Crippen LogP contribution in [0.3, 0.4) is 0 Å². The SMILES string of the molecule is CC1(C)c2ccccc2-c2c1c(-c1ccnc(-c3ccccc3)c1)cc1c2C(C)(C)c2ccccc2-1. The van der Waals surface area contributed by atoms with Gasteiger partial charge in [0.05, 0.1) is 5.69 Å². The lowest BCUT2D eigenvalue weighted by Gasteiger charge is -2.28. The minimum absolute atomic E-state index is 0.0600. The highest BCUT2D eigenvalue weighted by Crippen LogP contribution is 2.61. The van der Waals surface area contributed by atoms with E-state index >= 15 is 0 Å². The molecule has 7 rings (SSSR count). The van der Waals surface area contributed by atoms with E-state index in [1.807, 2.05) is 6.20 Å². The van der Waals surface area contributed by atoms with Gasteiger partial charge in [-0.2, -0.15) is 0 Å². The summed E-state index contributed by atoms with van der Waals surface area (Å²) in [5, 5.41) is 0. The summed E-state index contributed by atoms with van der Waals surface area (Å²) in [6.07, 6.45) is 1.96. The summed E-state index contributed by atoms with van der Waals surface area (Å²) in [6, 6.07) is 35.4. The summed E-state index contributed by atoms with van der Waals surface area (Å²) in [4.78, 5) is 4.74. The third kappa shape index (κ3) is 2.74. The van der Waals surface area contributed by atoms with E-state index in [1.54, 1.807) is 0 Å². The highest BCUT2D eigenvalue weighted by Gasteiger charge is 2.45. The van der Waals surface area contributed by atoms with Gasteiger partial charge in [0.25, 0.3) is 0 Å². The van der Waals surface area contributed by atoms with Crippen LogP contribution in [0.25, 0.3) is 44.6 Å². The molecule has 1 heterocycles. The van der Waals surface area contributed by atoms with E-state index in [-0.39, 0.29) is 10.8 Å². The minimum Gasteiger partial charge on any atom is -0.256 e. The lowest BCUT2D eigenvalue weighted by atomic mass is 9.74. The molecule has 1 aromatic heterocycles. The molecule has 1 heteroatoms. The molecule has 2 aliphatic rings. The molecule has 0 saturated heterocycles. The molecule has 0 unspecified atom stereocenters. The Hall–Kier alpha value is -3.97. The number of nitrogens with zero attached hydrogens (tertiary/aromatic N) is 1. The summed E-state index contributed by atoms with van der Waals surface area (Å²) in [7, 11) is 0. The van der Waals surface area contributed by atoms with Crippen LogP contribution >= 0.6 is 0 Å². The molecule has 5 aromatic rings. The highest BCUT2D eigenvalue weighted by atomic mass is 14.7. The van der Waals surface area contributed by atoms with Gasteiger partial charge in [0.2, 0.25) is 0 Å². The zero-order valence-corrected chi connectivity index (χ0v) is 21.3. The van der Waals surface area contributed by atoms with Crippen molar-refractivity contribution in [1.82, 2.24) is 4.98 Å². The van der Waals surface area contributed by atoms with Gasteiger partial charge in [-0.05, 0) is 73.8 Å². The van der Waals surface area contributed by atoms with Crippen LogP contribution in [-0.4, -0.2) is 4.98 Å². The normalized spacial score (nSPS) is 15.7. The number of hydrogen-bond donors (Lipinski definition) is 0. The van der Waals surface area contributed by atoms with Gasteiger partial charge in [0, 0.05) is 22.6 Å². The standard InChI is InChI=1S/C35H29N/c1-34(2)28-16-10-8-14-24(28)27-21-26(23-18-19-36-30(20-23)22-12-6-5-7-13-22)32-31(33(27)34)25-15-9-11-17-29(25)35(32,3)4/h5-21H,1-4H3. The van der Waals surface area contributed by atoms with Crippen molar-refractivity contribution < 1.29 is 0 Å². The molecule has 0 amide bonds. The van der Waals surface area contributed by atoms with E-state index in [1.165, 1.54) is 55.6 Å². The highest BCUT2D eigenvalue weighted by molar-refractivity contribution is 5.99. The molecule has 36 heavy (non-hydrogen) atoms. The van der Waals surface area contributed by atoms with Crippen LogP contribution in [0.2, 0.25) is 0 Å². The lowest BCUT2D eigenvalue weighted by Crippen LogP contribution is -2.19. The van der Waals surface area contributed by atoms with Crippen LogP contribution in [0.1, 0.15) is 49.9 Å². The van der Waals surface area contributed by atoms with Crippen LogP contribution in [0.15, 0.2) is 103 Å². The molecule has 2 aliphatic carbocycles. The van der Waals surface area contributed by atoms with Gasteiger partial charge in [-0.3, -0.25) is 4.98 Å². The molecule has 0 saturated carbocycles. The Morgan fingerprint density at radius 3 is 1.81 bits per heavy atom. The van der Waals surface area contributed by atoms with Crippen LogP contribution < -0.4 is 0 Å². The smallest absolute Gasteiger partial charge is 0.0708 e. The molecule has 1 nitrogen and oxygen atoms in total. The summed E-state index contributed by atoms with van der Waals surface area (Å²) in [5.74, 6) is 0. The van der Waals surface area contributed by atoms with Crippen LogP contribution in [0, 0.1) is 0 Å². The molecule has 174 valence electrons. The first-order valence-electron chi connectivity index (χ1n) is 12.8. The zero-order chi connectivity index (χ0) is 24.7. The van der Waals surface area contributed by atoms with E-state index < -0.39 is 0 Å². The Kier molecular flexibility index (Phi) is 4.31. The second kappa shape index (κ2) is 7.27. The first-order chi connectivity index (χ1) is 17.4. The maximum absolute atomic E-state index is 4.74. The molecule has 0 N–H and O–H groups in total. The van der Waals surface area contributed by atoms with Gasteiger partial charge < -0.3 is 0 Å². The molecule has 0 spiro atoms. The van der Waals surface area contributed by atoms with Gasteiger partial charge in [-0.15, -0.1) is 0 Å². The van der Waals surface area contributed by atoms with Crippen molar-refractivity contribution in [3.8, 4) is 44.6 Å². The molecule has 0 atom stereocenters. The summed E-state index contributed by atoms with van der Waals surface area (Å²) in [6.45, 7) is 9.57. The summed E-state index contributed by atoms with van der Waals surface area (Å²) < 4.78 is 0. The van der Waals surface area contributed by atoms with Crippen LogP contribution in [-0.2, 0) is 10.8 Å². The van der Waals surface area contributed by atoms with Crippen molar-refractivity contribution in [2.45, 2.75) is 38.5 Å². The van der Waals surface area contributed by atoms with Crippen LogP contribution in [0.4, 0.5) is 0 Å². The van der Waals surface area contributed by atoms with E-state index in [0.29, 0.717) is 0 Å². The third-order valence-electron chi connectivity index (χ3n) is 8.48. The second-order valence-corrected chi connectivity index (χ2v) is 11.2. The predicted octanol–water partition coefficient (Wildman–Crippen LogP) is 9.03. The van der Waals surface area contributed by atoms with Crippen molar-refractivity contribution in [2.24, 2.45) is 0 Å². The van der Waals surface area contributed by atoms with Crippen molar-refractivity contribution in [3.63, 3.8) is 0 Å². The first-order valence-corrected chi connectivity index (χ1v) is 12.8. The average molecular weight is 464 g/mol. The number of rotatable bonds is 2. The molecule has 0 radical (unpaired) electrons. The Morgan fingerprint density at radius 2 is 1.08 bits per heavy atom. The lowest BCUT2D eigenvalue weighted by molar-refractivity contribution is 0.648. The largest absolute Gasteiger partial charge is 0.256 e. The molecular formula is C35H29N. The zero-order valence-electron chi connectivity index (χ0n) is 21.3. The summed E-state index contributed by atoms with van der Waals surface area (Å²) in [5.41, 5.74) is 15.8. The van der Waals surface area contributed by atoms with Crippen molar-refractivity contribution in [2.75, 3.05) is 0 Å². The monoisotopic (exact) mass is 463 g/mol. The van der Waals surface area contributed by atoms with Crippen molar-refractivity contribution in [3.05, 3.63) is 126 Å². The molecular weight excluding hydrogens is 434 g/mol.